The van der Waals surface area contributed by atoms with Gasteiger partial charge in [0.1, 0.15) is 11.5 Å². The second-order valence-electron chi connectivity index (χ2n) is 6.04. The van der Waals surface area contributed by atoms with Crippen LogP contribution in [0.1, 0.15) is 56.4 Å². The van der Waals surface area contributed by atoms with Gasteiger partial charge in [0.2, 0.25) is 0 Å². The minimum absolute atomic E-state index is 0.0710. The van der Waals surface area contributed by atoms with Gasteiger partial charge in [0.25, 0.3) is 5.91 Å². The molecule has 0 saturated heterocycles. The summed E-state index contributed by atoms with van der Waals surface area (Å²) in [5.74, 6) is 0.699. The van der Waals surface area contributed by atoms with Gasteiger partial charge in [-0.2, -0.15) is 0 Å². The predicted molar refractivity (Wildman–Crippen MR) is 81.9 cm³/mol. The smallest absolute Gasteiger partial charge is 0.269 e. The SMILES string of the molecule is CCCNc1cccc(C(=O)NCC2(C)CCCC2)n1. The standard InChI is InChI=1S/C16H25N3O/c1-3-11-17-14-8-6-7-13(19-14)15(20)18-12-16(2)9-4-5-10-16/h6-8H,3-5,9-12H2,1-2H3,(H,17,19)(H,18,20). The number of rotatable bonds is 6. The molecule has 2 rings (SSSR count). The normalized spacial score (nSPS) is 16.9. The van der Waals surface area contributed by atoms with Gasteiger partial charge < -0.3 is 10.6 Å². The molecule has 4 nitrogen and oxygen atoms in total. The molecule has 1 aromatic rings. The van der Waals surface area contributed by atoms with Crippen molar-refractivity contribution in [3.05, 3.63) is 23.9 Å². The Kier molecular flexibility index (Phi) is 4.99. The first-order valence-corrected chi connectivity index (χ1v) is 7.62. The van der Waals surface area contributed by atoms with Gasteiger partial charge in [-0.05, 0) is 36.8 Å². The number of hydrogen-bond donors (Lipinski definition) is 2. The van der Waals surface area contributed by atoms with Crippen LogP contribution in [0.3, 0.4) is 0 Å². The van der Waals surface area contributed by atoms with E-state index < -0.39 is 0 Å². The fraction of sp³-hybridized carbons (Fsp3) is 0.625. The van der Waals surface area contributed by atoms with Crippen molar-refractivity contribution < 1.29 is 4.79 Å². The Bertz CT molecular complexity index is 453. The van der Waals surface area contributed by atoms with Gasteiger partial charge in [0.15, 0.2) is 0 Å². The molecule has 1 fully saturated rings. The zero-order valence-corrected chi connectivity index (χ0v) is 12.5. The Hall–Kier alpha value is -1.58. The Labute approximate surface area is 121 Å². The van der Waals surface area contributed by atoms with Crippen LogP contribution in [-0.2, 0) is 0 Å². The number of nitrogens with one attached hydrogen (secondary N) is 2. The molecular weight excluding hydrogens is 250 g/mol. The van der Waals surface area contributed by atoms with E-state index in [0.717, 1.165) is 25.3 Å². The molecule has 0 spiro atoms. The third kappa shape index (κ3) is 3.95. The number of nitrogens with zero attached hydrogens (tertiary/aromatic N) is 1. The molecule has 0 bridgehead atoms. The molecule has 0 aliphatic heterocycles. The fourth-order valence-corrected chi connectivity index (χ4v) is 2.70. The van der Waals surface area contributed by atoms with E-state index in [0.29, 0.717) is 5.69 Å². The van der Waals surface area contributed by atoms with Gasteiger partial charge >= 0.3 is 0 Å². The molecule has 1 saturated carbocycles. The number of amides is 1. The summed E-state index contributed by atoms with van der Waals surface area (Å²) in [7, 11) is 0. The van der Waals surface area contributed by atoms with Gasteiger partial charge in [-0.1, -0.05) is 32.8 Å². The van der Waals surface area contributed by atoms with Crippen LogP contribution in [0.4, 0.5) is 5.82 Å². The summed E-state index contributed by atoms with van der Waals surface area (Å²) in [6, 6.07) is 5.53. The highest BCUT2D eigenvalue weighted by Crippen LogP contribution is 2.36. The molecule has 2 N–H and O–H groups in total. The number of carbonyl (C=O) groups excluding carboxylic acids is 1. The number of hydrogen-bond acceptors (Lipinski definition) is 3. The zero-order valence-electron chi connectivity index (χ0n) is 12.5. The highest BCUT2D eigenvalue weighted by molar-refractivity contribution is 5.92. The van der Waals surface area contributed by atoms with Crippen molar-refractivity contribution in [3.63, 3.8) is 0 Å². The lowest BCUT2D eigenvalue weighted by atomic mass is 9.89. The molecular formula is C16H25N3O. The molecule has 4 heteroatoms. The molecule has 0 radical (unpaired) electrons. The van der Waals surface area contributed by atoms with E-state index in [1.807, 2.05) is 12.1 Å². The van der Waals surface area contributed by atoms with Crippen LogP contribution >= 0.6 is 0 Å². The molecule has 20 heavy (non-hydrogen) atoms. The van der Waals surface area contributed by atoms with Crippen molar-refractivity contribution in [2.75, 3.05) is 18.4 Å². The molecule has 0 unspecified atom stereocenters. The highest BCUT2D eigenvalue weighted by atomic mass is 16.1. The Balaban J connectivity index is 1.91. The summed E-state index contributed by atoms with van der Waals surface area (Å²) in [4.78, 5) is 16.5. The van der Waals surface area contributed by atoms with Crippen molar-refractivity contribution in [3.8, 4) is 0 Å². The van der Waals surface area contributed by atoms with Crippen molar-refractivity contribution in [2.24, 2.45) is 5.41 Å². The Morgan fingerprint density at radius 2 is 2.10 bits per heavy atom. The zero-order chi connectivity index (χ0) is 14.4. The number of aromatic nitrogens is 1. The van der Waals surface area contributed by atoms with Crippen molar-refractivity contribution in [1.29, 1.82) is 0 Å². The van der Waals surface area contributed by atoms with E-state index in [4.69, 9.17) is 0 Å². The number of anilines is 1. The van der Waals surface area contributed by atoms with Crippen LogP contribution in [0.15, 0.2) is 18.2 Å². The maximum Gasteiger partial charge on any atom is 0.269 e. The minimum Gasteiger partial charge on any atom is -0.370 e. The quantitative estimate of drug-likeness (QED) is 0.838. The summed E-state index contributed by atoms with van der Waals surface area (Å²) in [6.45, 7) is 5.98. The van der Waals surface area contributed by atoms with Gasteiger partial charge in [-0.25, -0.2) is 4.98 Å². The van der Waals surface area contributed by atoms with Crippen LogP contribution in [0, 0.1) is 5.41 Å². The van der Waals surface area contributed by atoms with Gasteiger partial charge in [-0.15, -0.1) is 0 Å². The van der Waals surface area contributed by atoms with Gasteiger partial charge in [0.05, 0.1) is 0 Å². The van der Waals surface area contributed by atoms with Crippen molar-refractivity contribution in [2.45, 2.75) is 46.0 Å². The largest absolute Gasteiger partial charge is 0.370 e. The first-order valence-electron chi connectivity index (χ1n) is 7.62. The van der Waals surface area contributed by atoms with Crippen LogP contribution in [-0.4, -0.2) is 24.0 Å². The molecule has 1 amide bonds. The summed E-state index contributed by atoms with van der Waals surface area (Å²) in [6.07, 6.45) is 6.01. The Morgan fingerprint density at radius 3 is 2.80 bits per heavy atom. The van der Waals surface area contributed by atoms with Crippen LogP contribution in [0.2, 0.25) is 0 Å². The van der Waals surface area contributed by atoms with Crippen molar-refractivity contribution >= 4 is 11.7 Å². The highest BCUT2D eigenvalue weighted by Gasteiger charge is 2.29. The summed E-state index contributed by atoms with van der Waals surface area (Å²) < 4.78 is 0. The van der Waals surface area contributed by atoms with Gasteiger partial charge in [-0.3, -0.25) is 4.79 Å². The monoisotopic (exact) mass is 275 g/mol. The van der Waals surface area contributed by atoms with Crippen LogP contribution in [0.5, 0.6) is 0 Å². The molecule has 0 aromatic carbocycles. The summed E-state index contributed by atoms with van der Waals surface area (Å²) in [5, 5.41) is 6.24. The molecule has 1 heterocycles. The third-order valence-corrected chi connectivity index (χ3v) is 4.02. The lowest BCUT2D eigenvalue weighted by Crippen LogP contribution is -2.34. The van der Waals surface area contributed by atoms with E-state index in [1.54, 1.807) is 6.07 Å². The predicted octanol–water partition coefficient (Wildman–Crippen LogP) is 3.21. The molecule has 1 aliphatic rings. The number of pyridine rings is 1. The van der Waals surface area contributed by atoms with Crippen LogP contribution in [0.25, 0.3) is 0 Å². The maximum absolute atomic E-state index is 12.2. The topological polar surface area (TPSA) is 54.0 Å². The maximum atomic E-state index is 12.2. The van der Waals surface area contributed by atoms with E-state index in [-0.39, 0.29) is 11.3 Å². The summed E-state index contributed by atoms with van der Waals surface area (Å²) in [5.41, 5.74) is 0.765. The average molecular weight is 275 g/mol. The molecule has 0 atom stereocenters. The third-order valence-electron chi connectivity index (χ3n) is 4.02. The molecule has 110 valence electrons. The first kappa shape index (κ1) is 14.8. The number of carbonyl (C=O) groups is 1. The van der Waals surface area contributed by atoms with E-state index in [9.17, 15) is 4.79 Å². The second kappa shape index (κ2) is 6.73. The molecule has 1 aromatic heterocycles. The minimum atomic E-state index is -0.0710. The van der Waals surface area contributed by atoms with Gasteiger partial charge in [0, 0.05) is 13.1 Å². The molecule has 1 aliphatic carbocycles. The lowest BCUT2D eigenvalue weighted by molar-refractivity contribution is 0.0929. The lowest BCUT2D eigenvalue weighted by Gasteiger charge is -2.23. The average Bonchev–Trinajstić information content (AvgIpc) is 2.90. The second-order valence-corrected chi connectivity index (χ2v) is 6.04. The van der Waals surface area contributed by atoms with E-state index >= 15 is 0 Å². The Morgan fingerprint density at radius 1 is 1.35 bits per heavy atom. The fourth-order valence-electron chi connectivity index (χ4n) is 2.70. The van der Waals surface area contributed by atoms with Crippen LogP contribution < -0.4 is 10.6 Å². The van der Waals surface area contributed by atoms with Crippen molar-refractivity contribution in [1.82, 2.24) is 10.3 Å². The first-order chi connectivity index (χ1) is 9.63. The van der Waals surface area contributed by atoms with E-state index in [2.05, 4.69) is 29.5 Å². The van der Waals surface area contributed by atoms with E-state index in [1.165, 1.54) is 25.7 Å². The summed E-state index contributed by atoms with van der Waals surface area (Å²) >= 11 is 0.